The summed E-state index contributed by atoms with van der Waals surface area (Å²) in [6.45, 7) is 4.50. The fourth-order valence-corrected chi connectivity index (χ4v) is 6.68. The van der Waals surface area contributed by atoms with Crippen molar-refractivity contribution in [1.29, 1.82) is 0 Å². The molecule has 6 atom stereocenters. The number of rotatable bonds is 4. The number of hydrogen-bond donors (Lipinski definition) is 2. The van der Waals surface area contributed by atoms with Gasteiger partial charge in [-0.3, -0.25) is 9.59 Å². The summed E-state index contributed by atoms with van der Waals surface area (Å²) in [7, 11) is 0. The molecular formula is C19H30O4. The highest BCUT2D eigenvalue weighted by Gasteiger charge is 2.57. The van der Waals surface area contributed by atoms with E-state index in [0.29, 0.717) is 17.3 Å². The van der Waals surface area contributed by atoms with Gasteiger partial charge in [-0.1, -0.05) is 20.3 Å². The van der Waals surface area contributed by atoms with Gasteiger partial charge in [0.25, 0.3) is 0 Å². The van der Waals surface area contributed by atoms with Crippen molar-refractivity contribution < 1.29 is 19.8 Å². The fraction of sp³-hybridized carbons (Fsp3) is 0.895. The highest BCUT2D eigenvalue weighted by Crippen LogP contribution is 2.64. The summed E-state index contributed by atoms with van der Waals surface area (Å²) < 4.78 is 0. The van der Waals surface area contributed by atoms with Gasteiger partial charge in [-0.2, -0.15) is 0 Å². The number of hydrogen-bond acceptors (Lipinski definition) is 2. The molecule has 0 amide bonds. The molecule has 0 aromatic heterocycles. The van der Waals surface area contributed by atoms with Gasteiger partial charge in [0, 0.05) is 6.42 Å². The Morgan fingerprint density at radius 3 is 2.35 bits per heavy atom. The minimum Gasteiger partial charge on any atom is -0.481 e. The Morgan fingerprint density at radius 2 is 1.70 bits per heavy atom. The average Bonchev–Trinajstić information content (AvgIpc) is 2.82. The summed E-state index contributed by atoms with van der Waals surface area (Å²) in [5.74, 6) is 0.150. The van der Waals surface area contributed by atoms with Crippen LogP contribution in [0.15, 0.2) is 0 Å². The second-order valence-electron chi connectivity index (χ2n) is 8.91. The van der Waals surface area contributed by atoms with Crippen LogP contribution in [0.3, 0.4) is 0 Å². The minimum atomic E-state index is -0.786. The largest absolute Gasteiger partial charge is 0.481 e. The van der Waals surface area contributed by atoms with Gasteiger partial charge in [0.15, 0.2) is 0 Å². The van der Waals surface area contributed by atoms with Crippen molar-refractivity contribution >= 4 is 11.9 Å². The Hall–Kier alpha value is -1.06. The van der Waals surface area contributed by atoms with Crippen LogP contribution in [0, 0.1) is 34.5 Å². The molecule has 0 radical (unpaired) electrons. The molecule has 2 N–H and O–H groups in total. The van der Waals surface area contributed by atoms with Crippen LogP contribution < -0.4 is 0 Å². The molecule has 0 aliphatic heterocycles. The van der Waals surface area contributed by atoms with E-state index in [-0.39, 0.29) is 24.2 Å². The topological polar surface area (TPSA) is 74.6 Å². The molecule has 3 saturated carbocycles. The Balaban J connectivity index is 1.90. The number of carboxylic acid groups (broad SMARTS) is 2. The zero-order valence-electron chi connectivity index (χ0n) is 14.4. The number of carbonyl (C=O) groups is 2. The second kappa shape index (κ2) is 5.78. The van der Waals surface area contributed by atoms with Gasteiger partial charge in [0.05, 0.1) is 6.42 Å². The van der Waals surface area contributed by atoms with Crippen LogP contribution in [-0.4, -0.2) is 22.2 Å². The van der Waals surface area contributed by atoms with E-state index < -0.39 is 11.9 Å². The lowest BCUT2D eigenvalue weighted by Crippen LogP contribution is -2.52. The van der Waals surface area contributed by atoms with E-state index in [1.165, 1.54) is 25.7 Å². The van der Waals surface area contributed by atoms with Crippen molar-refractivity contribution in [2.75, 3.05) is 0 Å². The maximum absolute atomic E-state index is 11.5. The molecule has 0 aromatic carbocycles. The number of carboxylic acids is 2. The lowest BCUT2D eigenvalue weighted by atomic mass is 9.47. The van der Waals surface area contributed by atoms with E-state index in [4.69, 9.17) is 0 Å². The first kappa shape index (κ1) is 16.8. The molecule has 0 aromatic rings. The SMILES string of the molecule is C[C@@]12CCC[C@@H]1[C@@H]1CC[C@H](CC(=O)O)[C@@](C)(CC(=O)O)[C@@H]1CC2. The zero-order chi connectivity index (χ0) is 16.8. The molecule has 0 saturated heterocycles. The average molecular weight is 322 g/mol. The summed E-state index contributed by atoms with van der Waals surface area (Å²) in [5.41, 5.74) is 0.0853. The van der Waals surface area contributed by atoms with E-state index in [1.54, 1.807) is 0 Å². The predicted octanol–water partition coefficient (Wildman–Crippen LogP) is 4.18. The van der Waals surface area contributed by atoms with Gasteiger partial charge in [-0.25, -0.2) is 0 Å². The molecule has 0 unspecified atom stereocenters. The summed E-state index contributed by atoms with van der Waals surface area (Å²) >= 11 is 0. The highest BCUT2D eigenvalue weighted by atomic mass is 16.4. The molecule has 4 nitrogen and oxygen atoms in total. The van der Waals surface area contributed by atoms with Gasteiger partial charge in [0.2, 0.25) is 0 Å². The lowest BCUT2D eigenvalue weighted by molar-refractivity contribution is -0.154. The quantitative estimate of drug-likeness (QED) is 0.814. The van der Waals surface area contributed by atoms with E-state index in [0.717, 1.165) is 25.2 Å². The molecule has 130 valence electrons. The van der Waals surface area contributed by atoms with Crippen molar-refractivity contribution in [1.82, 2.24) is 0 Å². The molecule has 3 rings (SSSR count). The van der Waals surface area contributed by atoms with Crippen molar-refractivity contribution in [2.24, 2.45) is 34.5 Å². The zero-order valence-corrected chi connectivity index (χ0v) is 14.4. The van der Waals surface area contributed by atoms with Gasteiger partial charge in [0.1, 0.15) is 0 Å². The lowest BCUT2D eigenvalue weighted by Gasteiger charge is -2.58. The normalized spacial score (nSPS) is 46.0. The Kier molecular flexibility index (Phi) is 4.22. The van der Waals surface area contributed by atoms with Crippen LogP contribution in [0.1, 0.15) is 71.6 Å². The van der Waals surface area contributed by atoms with Gasteiger partial charge >= 0.3 is 11.9 Å². The number of aliphatic carboxylic acids is 2. The molecule has 3 aliphatic rings. The first-order chi connectivity index (χ1) is 10.8. The van der Waals surface area contributed by atoms with Crippen LogP contribution in [0.2, 0.25) is 0 Å². The van der Waals surface area contributed by atoms with E-state index in [1.807, 2.05) is 0 Å². The molecular weight excluding hydrogens is 292 g/mol. The maximum atomic E-state index is 11.5. The second-order valence-corrected chi connectivity index (χ2v) is 8.91. The van der Waals surface area contributed by atoms with E-state index >= 15 is 0 Å². The van der Waals surface area contributed by atoms with Crippen LogP contribution in [-0.2, 0) is 9.59 Å². The monoisotopic (exact) mass is 322 g/mol. The fourth-order valence-electron chi connectivity index (χ4n) is 6.68. The van der Waals surface area contributed by atoms with Crippen molar-refractivity contribution in [3.05, 3.63) is 0 Å². The van der Waals surface area contributed by atoms with Crippen LogP contribution in [0.4, 0.5) is 0 Å². The Bertz CT molecular complexity index is 502. The van der Waals surface area contributed by atoms with Crippen LogP contribution in [0.25, 0.3) is 0 Å². The predicted molar refractivity (Wildman–Crippen MR) is 87.0 cm³/mol. The first-order valence-corrected chi connectivity index (χ1v) is 9.20. The summed E-state index contributed by atoms with van der Waals surface area (Å²) in [6.07, 6.45) is 8.38. The van der Waals surface area contributed by atoms with Gasteiger partial charge in [-0.05, 0) is 73.0 Å². The van der Waals surface area contributed by atoms with E-state index in [9.17, 15) is 19.8 Å². The molecule has 0 bridgehead atoms. The summed E-state index contributed by atoms with van der Waals surface area (Å²) in [4.78, 5) is 22.8. The molecule has 0 spiro atoms. The summed E-state index contributed by atoms with van der Waals surface area (Å²) in [6, 6.07) is 0. The van der Waals surface area contributed by atoms with Gasteiger partial charge in [-0.15, -0.1) is 0 Å². The van der Waals surface area contributed by atoms with Crippen LogP contribution >= 0.6 is 0 Å². The smallest absolute Gasteiger partial charge is 0.303 e. The third-order valence-electron chi connectivity index (χ3n) is 7.80. The van der Waals surface area contributed by atoms with E-state index in [2.05, 4.69) is 13.8 Å². The van der Waals surface area contributed by atoms with Crippen molar-refractivity contribution in [3.8, 4) is 0 Å². The first-order valence-electron chi connectivity index (χ1n) is 9.20. The highest BCUT2D eigenvalue weighted by molar-refractivity contribution is 5.69. The Labute approximate surface area is 138 Å². The molecule has 3 aliphatic carbocycles. The maximum Gasteiger partial charge on any atom is 0.303 e. The van der Waals surface area contributed by atoms with Gasteiger partial charge < -0.3 is 10.2 Å². The molecule has 4 heteroatoms. The minimum absolute atomic E-state index is 0.00288. The molecule has 23 heavy (non-hydrogen) atoms. The molecule has 3 fully saturated rings. The third-order valence-corrected chi connectivity index (χ3v) is 7.80. The third kappa shape index (κ3) is 2.78. The standard InChI is InChI=1S/C19H30O4/c1-18-8-3-4-14(18)13-6-5-12(10-16(20)21)19(2,11-17(22)23)15(13)7-9-18/h12-15H,3-11H2,1-2H3,(H,20,21)(H,22,23)/t12-,13+,14-,15-,18+,19-/m1/s1. The number of fused-ring (bicyclic) bond motifs is 3. The van der Waals surface area contributed by atoms with Crippen molar-refractivity contribution in [3.63, 3.8) is 0 Å². The summed E-state index contributed by atoms with van der Waals surface area (Å²) in [5, 5.41) is 18.7. The molecule has 0 heterocycles. The van der Waals surface area contributed by atoms with Crippen LogP contribution in [0.5, 0.6) is 0 Å². The Morgan fingerprint density at radius 1 is 0.957 bits per heavy atom. The van der Waals surface area contributed by atoms with Crippen molar-refractivity contribution in [2.45, 2.75) is 71.6 Å².